The lowest BCUT2D eigenvalue weighted by Gasteiger charge is -2.13. The van der Waals surface area contributed by atoms with Crippen molar-refractivity contribution in [3.8, 4) is 0 Å². The van der Waals surface area contributed by atoms with Gasteiger partial charge in [-0.3, -0.25) is 4.72 Å². The highest BCUT2D eigenvalue weighted by atomic mass is 32.2. The highest BCUT2D eigenvalue weighted by Gasteiger charge is 2.24. The van der Waals surface area contributed by atoms with E-state index in [2.05, 4.69) is 31.4 Å². The number of hydrogen-bond donors (Lipinski definition) is 3. The average molecular weight is 460 g/mol. The minimum Gasteiger partial charge on any atom is -0.370 e. The molecule has 1 aliphatic rings. The van der Waals surface area contributed by atoms with Gasteiger partial charge in [-0.1, -0.05) is 24.3 Å². The van der Waals surface area contributed by atoms with Gasteiger partial charge in [-0.25, -0.2) is 13.4 Å². The molecule has 3 N–H and O–H groups in total. The largest absolute Gasteiger partial charge is 0.370 e. The Morgan fingerprint density at radius 2 is 1.73 bits per heavy atom. The highest BCUT2D eigenvalue weighted by Crippen LogP contribution is 2.35. The van der Waals surface area contributed by atoms with Gasteiger partial charge in [0, 0.05) is 29.7 Å². The van der Waals surface area contributed by atoms with Crippen molar-refractivity contribution in [2.75, 3.05) is 21.9 Å². The van der Waals surface area contributed by atoms with Crippen molar-refractivity contribution >= 4 is 43.9 Å². The molecule has 0 spiro atoms. The van der Waals surface area contributed by atoms with Crippen LogP contribution in [-0.4, -0.2) is 24.9 Å². The van der Waals surface area contributed by atoms with E-state index in [0.29, 0.717) is 16.5 Å². The standard InChI is InChI=1S/C25H25N5O2S/c1-3-26-23-15-16(2)27-25(29-23)28-19-9-11-20(12-10-19)30-33(31,32)22-14-8-18-6-4-5-17-7-13-21(22)24(17)18/h4-6,8-12,14-15,30H,3,7,13H2,1-2H3,(H2,26,27,28,29). The minimum atomic E-state index is -3.71. The summed E-state index contributed by atoms with van der Waals surface area (Å²) in [4.78, 5) is 9.21. The van der Waals surface area contributed by atoms with Gasteiger partial charge in [0.15, 0.2) is 0 Å². The molecular weight excluding hydrogens is 434 g/mol. The Kier molecular flexibility index (Phi) is 5.38. The lowest BCUT2D eigenvalue weighted by molar-refractivity contribution is 0.600. The Hall–Kier alpha value is -3.65. The summed E-state index contributed by atoms with van der Waals surface area (Å²) < 4.78 is 29.1. The zero-order valence-electron chi connectivity index (χ0n) is 18.5. The lowest BCUT2D eigenvalue weighted by atomic mass is 10.1. The van der Waals surface area contributed by atoms with Crippen molar-refractivity contribution in [2.45, 2.75) is 31.6 Å². The van der Waals surface area contributed by atoms with E-state index in [0.717, 1.165) is 52.9 Å². The summed E-state index contributed by atoms with van der Waals surface area (Å²) in [5.74, 6) is 1.23. The zero-order valence-corrected chi connectivity index (χ0v) is 19.3. The Bertz CT molecular complexity index is 1450. The number of sulfonamides is 1. The fourth-order valence-corrected chi connectivity index (χ4v) is 5.67. The fraction of sp³-hybridized carbons (Fsp3) is 0.200. The molecule has 4 aromatic rings. The minimum absolute atomic E-state index is 0.353. The van der Waals surface area contributed by atoms with E-state index in [1.165, 1.54) is 5.56 Å². The van der Waals surface area contributed by atoms with Crippen LogP contribution >= 0.6 is 0 Å². The topological polar surface area (TPSA) is 96.0 Å². The van der Waals surface area contributed by atoms with Crippen molar-refractivity contribution < 1.29 is 8.42 Å². The third kappa shape index (κ3) is 4.21. The molecule has 0 atom stereocenters. The maximum atomic E-state index is 13.2. The first-order valence-corrected chi connectivity index (χ1v) is 12.4. The van der Waals surface area contributed by atoms with Gasteiger partial charge in [-0.05, 0) is 78.9 Å². The molecule has 1 aromatic heterocycles. The number of aromatic nitrogens is 2. The molecule has 0 saturated heterocycles. The van der Waals surface area contributed by atoms with Crippen LogP contribution in [0.4, 0.5) is 23.1 Å². The van der Waals surface area contributed by atoms with Gasteiger partial charge < -0.3 is 10.6 Å². The third-order valence-corrected chi connectivity index (χ3v) is 7.20. The van der Waals surface area contributed by atoms with Gasteiger partial charge in [0.05, 0.1) is 4.90 Å². The van der Waals surface area contributed by atoms with E-state index in [1.54, 1.807) is 30.3 Å². The van der Waals surface area contributed by atoms with Crippen LogP contribution in [0, 0.1) is 6.92 Å². The number of aryl methyl sites for hydroxylation is 3. The maximum Gasteiger partial charge on any atom is 0.262 e. The van der Waals surface area contributed by atoms with Crippen molar-refractivity contribution in [3.05, 3.63) is 77.5 Å². The maximum absolute atomic E-state index is 13.2. The quantitative estimate of drug-likeness (QED) is 0.359. The SMILES string of the molecule is CCNc1cc(C)nc(Nc2ccc(NS(=O)(=O)c3ccc4cccc5c4c3CC5)cc2)n1. The van der Waals surface area contributed by atoms with Crippen LogP contribution in [0.2, 0.25) is 0 Å². The van der Waals surface area contributed by atoms with E-state index >= 15 is 0 Å². The molecule has 168 valence electrons. The number of nitrogens with one attached hydrogen (secondary N) is 3. The summed E-state index contributed by atoms with van der Waals surface area (Å²) in [6, 6.07) is 18.7. The predicted octanol–water partition coefficient (Wildman–Crippen LogP) is 5.01. The smallest absolute Gasteiger partial charge is 0.262 e. The van der Waals surface area contributed by atoms with Gasteiger partial charge in [0.25, 0.3) is 10.0 Å². The number of rotatable bonds is 7. The van der Waals surface area contributed by atoms with E-state index in [1.807, 2.05) is 38.1 Å². The molecule has 0 bridgehead atoms. The van der Waals surface area contributed by atoms with E-state index in [4.69, 9.17) is 0 Å². The second-order valence-electron chi connectivity index (χ2n) is 8.11. The van der Waals surface area contributed by atoms with E-state index in [9.17, 15) is 8.42 Å². The van der Waals surface area contributed by atoms with E-state index < -0.39 is 10.0 Å². The highest BCUT2D eigenvalue weighted by molar-refractivity contribution is 7.92. The summed E-state index contributed by atoms with van der Waals surface area (Å²) in [5, 5.41) is 8.52. The second kappa shape index (κ2) is 8.37. The summed E-state index contributed by atoms with van der Waals surface area (Å²) >= 11 is 0. The molecule has 33 heavy (non-hydrogen) atoms. The molecule has 8 heteroatoms. The second-order valence-corrected chi connectivity index (χ2v) is 9.76. The van der Waals surface area contributed by atoms with Gasteiger partial charge in [0.1, 0.15) is 5.82 Å². The summed E-state index contributed by atoms with van der Waals surface area (Å²) in [5.41, 5.74) is 4.23. The van der Waals surface area contributed by atoms with Gasteiger partial charge in [-0.2, -0.15) is 4.98 Å². The number of benzene rings is 3. The number of anilines is 4. The summed E-state index contributed by atoms with van der Waals surface area (Å²) in [7, 11) is -3.71. The third-order valence-electron chi connectivity index (χ3n) is 5.74. The Labute approximate surface area is 193 Å². The molecule has 0 amide bonds. The van der Waals surface area contributed by atoms with E-state index in [-0.39, 0.29) is 0 Å². The van der Waals surface area contributed by atoms with Crippen LogP contribution in [0.5, 0.6) is 0 Å². The molecule has 1 aliphatic carbocycles. The predicted molar refractivity (Wildman–Crippen MR) is 133 cm³/mol. The fourth-order valence-electron chi connectivity index (χ4n) is 4.34. The Morgan fingerprint density at radius 3 is 2.52 bits per heavy atom. The molecule has 5 rings (SSSR count). The molecule has 7 nitrogen and oxygen atoms in total. The van der Waals surface area contributed by atoms with Gasteiger partial charge in [0.2, 0.25) is 5.95 Å². The van der Waals surface area contributed by atoms with Crippen LogP contribution in [0.25, 0.3) is 10.8 Å². The van der Waals surface area contributed by atoms with Gasteiger partial charge in [-0.15, -0.1) is 0 Å². The molecule has 0 unspecified atom stereocenters. The first-order chi connectivity index (χ1) is 15.9. The normalized spacial score (nSPS) is 12.7. The van der Waals surface area contributed by atoms with Crippen LogP contribution in [0.1, 0.15) is 23.7 Å². The average Bonchev–Trinajstić information content (AvgIpc) is 3.21. The molecule has 3 aromatic carbocycles. The molecule has 0 saturated carbocycles. The molecule has 0 aliphatic heterocycles. The summed E-state index contributed by atoms with van der Waals surface area (Å²) in [6.07, 6.45) is 1.61. The number of nitrogens with zero attached hydrogens (tertiary/aromatic N) is 2. The Balaban J connectivity index is 1.36. The van der Waals surface area contributed by atoms with Gasteiger partial charge >= 0.3 is 0 Å². The summed E-state index contributed by atoms with van der Waals surface area (Å²) in [6.45, 7) is 4.69. The van der Waals surface area contributed by atoms with Crippen LogP contribution in [-0.2, 0) is 22.9 Å². The van der Waals surface area contributed by atoms with Crippen LogP contribution < -0.4 is 15.4 Å². The van der Waals surface area contributed by atoms with Crippen LogP contribution in [0.3, 0.4) is 0 Å². The van der Waals surface area contributed by atoms with Crippen LogP contribution in [0.15, 0.2) is 65.6 Å². The van der Waals surface area contributed by atoms with Crippen molar-refractivity contribution in [2.24, 2.45) is 0 Å². The molecule has 1 heterocycles. The first kappa shape index (κ1) is 21.2. The van der Waals surface area contributed by atoms with Crippen molar-refractivity contribution in [3.63, 3.8) is 0 Å². The molecule has 0 fully saturated rings. The molecule has 0 radical (unpaired) electrons. The first-order valence-electron chi connectivity index (χ1n) is 11.0. The van der Waals surface area contributed by atoms with Crippen molar-refractivity contribution in [1.29, 1.82) is 0 Å². The zero-order chi connectivity index (χ0) is 23.0. The number of hydrogen-bond acceptors (Lipinski definition) is 6. The molecular formula is C25H25N5O2S. The Morgan fingerprint density at radius 1 is 0.939 bits per heavy atom. The monoisotopic (exact) mass is 459 g/mol. The van der Waals surface area contributed by atoms with Crippen molar-refractivity contribution in [1.82, 2.24) is 9.97 Å². The lowest BCUT2D eigenvalue weighted by Crippen LogP contribution is -2.14.